The molecule has 12 nitrogen and oxygen atoms in total. The minimum absolute atomic E-state index is 0.0183. The molecule has 2 heterocycles. The van der Waals surface area contributed by atoms with Gasteiger partial charge < -0.3 is 38.4 Å². The van der Waals surface area contributed by atoms with Gasteiger partial charge in [0, 0.05) is 25.7 Å². The molecule has 0 amide bonds. The van der Waals surface area contributed by atoms with E-state index in [2.05, 4.69) is 43.1 Å². The minimum Gasteiger partial charge on any atom is -0.465 e. The van der Waals surface area contributed by atoms with Crippen molar-refractivity contribution in [1.29, 1.82) is 0 Å². The number of nitrogens with zero attached hydrogens (tertiary/aromatic N) is 1. The van der Waals surface area contributed by atoms with Gasteiger partial charge in [-0.1, -0.05) is 83.1 Å². The lowest BCUT2D eigenvalue weighted by atomic mass is 9.92. The summed E-state index contributed by atoms with van der Waals surface area (Å²) in [6.45, 7) is 7.38. The molecule has 0 aromatic heterocycles. The summed E-state index contributed by atoms with van der Waals surface area (Å²) in [4.78, 5) is 51.8. The van der Waals surface area contributed by atoms with Crippen molar-refractivity contribution >= 4 is 23.9 Å². The van der Waals surface area contributed by atoms with Gasteiger partial charge in [-0.05, 0) is 103 Å². The molecular formula is C46H79NO11. The Hall–Kier alpha value is -2.80. The summed E-state index contributed by atoms with van der Waals surface area (Å²) in [5, 5.41) is 10.5. The van der Waals surface area contributed by atoms with Gasteiger partial charge in [0.05, 0.1) is 31.8 Å². The number of aliphatic hydroxyl groups is 1. The largest absolute Gasteiger partial charge is 0.465 e. The zero-order chi connectivity index (χ0) is 41.9. The fraction of sp³-hybridized carbons (Fsp3) is 0.826. The lowest BCUT2D eigenvalue weighted by molar-refractivity contribution is -0.162. The van der Waals surface area contributed by atoms with Crippen molar-refractivity contribution in [3.8, 4) is 0 Å². The predicted molar refractivity (Wildman–Crippen MR) is 225 cm³/mol. The van der Waals surface area contributed by atoms with Crippen molar-refractivity contribution in [2.75, 3.05) is 59.3 Å². The van der Waals surface area contributed by atoms with Crippen LogP contribution >= 0.6 is 0 Å². The number of epoxide rings is 1. The topological polar surface area (TPSA) is 150 Å². The van der Waals surface area contributed by atoms with Gasteiger partial charge in [0.1, 0.15) is 19.3 Å². The lowest BCUT2D eigenvalue weighted by Gasteiger charge is -2.30. The first kappa shape index (κ1) is 51.3. The molecule has 334 valence electrons. The summed E-state index contributed by atoms with van der Waals surface area (Å²) in [6.07, 6.45) is 28.1. The normalized spacial score (nSPS) is 17.8. The van der Waals surface area contributed by atoms with Gasteiger partial charge in [0.15, 0.2) is 6.29 Å². The summed E-state index contributed by atoms with van der Waals surface area (Å²) < 4.78 is 33.6. The lowest BCUT2D eigenvalue weighted by Crippen LogP contribution is -2.42. The number of rotatable bonds is 38. The number of carbonyl (C=O) groups is 4. The number of carbonyl (C=O) groups excluding carboxylic acids is 4. The van der Waals surface area contributed by atoms with Crippen molar-refractivity contribution in [1.82, 2.24) is 4.90 Å². The van der Waals surface area contributed by atoms with Gasteiger partial charge in [0.2, 0.25) is 0 Å². The van der Waals surface area contributed by atoms with E-state index in [0.29, 0.717) is 51.7 Å². The van der Waals surface area contributed by atoms with Crippen LogP contribution in [-0.2, 0) is 47.6 Å². The van der Waals surface area contributed by atoms with Crippen LogP contribution in [0.1, 0.15) is 168 Å². The van der Waals surface area contributed by atoms with Crippen LogP contribution in [0.25, 0.3) is 0 Å². The van der Waals surface area contributed by atoms with Crippen molar-refractivity contribution in [2.24, 2.45) is 5.41 Å². The molecule has 0 spiro atoms. The smallest absolute Gasteiger partial charge is 0.305 e. The first-order valence-electron chi connectivity index (χ1n) is 22.8. The maximum absolute atomic E-state index is 12.7. The molecule has 3 unspecified atom stereocenters. The van der Waals surface area contributed by atoms with Crippen LogP contribution in [-0.4, -0.2) is 106 Å². The predicted octanol–water partition coefficient (Wildman–Crippen LogP) is 8.71. The Balaban J connectivity index is 1.68. The number of esters is 4. The molecule has 2 saturated heterocycles. The Bertz CT molecular complexity index is 1150. The van der Waals surface area contributed by atoms with E-state index < -0.39 is 24.3 Å². The summed E-state index contributed by atoms with van der Waals surface area (Å²) in [5.41, 5.74) is -1.14. The molecule has 0 aromatic rings. The third-order valence-electron chi connectivity index (χ3n) is 10.6. The number of ether oxygens (including phenoxy) is 6. The van der Waals surface area contributed by atoms with E-state index in [1.54, 1.807) is 0 Å². The van der Waals surface area contributed by atoms with Crippen LogP contribution in [0.2, 0.25) is 0 Å². The fourth-order valence-electron chi connectivity index (χ4n) is 6.69. The van der Waals surface area contributed by atoms with Crippen LogP contribution < -0.4 is 0 Å². The van der Waals surface area contributed by atoms with Gasteiger partial charge in [-0.2, -0.15) is 0 Å². The van der Waals surface area contributed by atoms with Crippen molar-refractivity contribution in [3.63, 3.8) is 0 Å². The SMILES string of the molecule is CCCCC/C=C\CCOC(=O)CCCCCC(=O)OCC(CO)(COC(=O)CCCN1CCCC1)COC1OC1CCCCCC(=O)OCC/C=C\CCCCC. The van der Waals surface area contributed by atoms with Crippen LogP contribution in [0.3, 0.4) is 0 Å². The summed E-state index contributed by atoms with van der Waals surface area (Å²) in [7, 11) is 0. The van der Waals surface area contributed by atoms with Crippen molar-refractivity contribution in [2.45, 2.75) is 180 Å². The summed E-state index contributed by atoms with van der Waals surface area (Å²) >= 11 is 0. The Morgan fingerprint density at radius 3 is 1.60 bits per heavy atom. The minimum atomic E-state index is -1.14. The van der Waals surface area contributed by atoms with Crippen molar-refractivity contribution in [3.05, 3.63) is 24.3 Å². The standard InChI is InChI=1S/C46H79NO11/c1-3-5-7-9-11-13-23-34-53-41(49)27-18-15-17-26-40-45(58-40)57-39-46(36-48,38-56-44(52)30-25-33-47-31-21-22-32-47)37-55-43(51)29-20-16-19-28-42(50)54-35-24-14-12-10-8-6-4-2/h11-14,40,45,48H,3-10,15-39H2,1-2H3/b13-11-,14-12-. The number of aliphatic hydroxyl groups excluding tert-OH is 1. The summed E-state index contributed by atoms with van der Waals surface area (Å²) in [6, 6.07) is 0. The van der Waals surface area contributed by atoms with E-state index in [1.165, 1.54) is 51.4 Å². The number of hydrogen-bond acceptors (Lipinski definition) is 12. The average molecular weight is 822 g/mol. The molecule has 0 radical (unpaired) electrons. The molecule has 2 rings (SSSR count). The maximum Gasteiger partial charge on any atom is 0.305 e. The van der Waals surface area contributed by atoms with Crippen LogP contribution in [0.5, 0.6) is 0 Å². The highest BCUT2D eigenvalue weighted by molar-refractivity contribution is 5.70. The van der Waals surface area contributed by atoms with Gasteiger partial charge in [-0.25, -0.2) is 0 Å². The highest BCUT2D eigenvalue weighted by Crippen LogP contribution is 2.31. The van der Waals surface area contributed by atoms with Gasteiger partial charge in [0.25, 0.3) is 0 Å². The Morgan fingerprint density at radius 1 is 0.603 bits per heavy atom. The Kier molecular flexibility index (Phi) is 30.1. The molecule has 0 aromatic carbocycles. The zero-order valence-electron chi connectivity index (χ0n) is 36.3. The molecule has 12 heteroatoms. The molecule has 0 saturated carbocycles. The number of allylic oxidation sites excluding steroid dienone is 2. The molecule has 1 N–H and O–H groups in total. The third-order valence-corrected chi connectivity index (χ3v) is 10.6. The van der Waals surface area contributed by atoms with Crippen LogP contribution in [0.15, 0.2) is 24.3 Å². The number of hydrogen-bond donors (Lipinski definition) is 1. The highest BCUT2D eigenvalue weighted by atomic mass is 16.8. The molecule has 2 fully saturated rings. The molecular weight excluding hydrogens is 743 g/mol. The second-order valence-electron chi connectivity index (χ2n) is 16.1. The molecule has 2 aliphatic heterocycles. The Morgan fingerprint density at radius 2 is 1.09 bits per heavy atom. The average Bonchev–Trinajstić information content (AvgIpc) is 3.77. The number of likely N-dealkylation sites (tertiary alicyclic amines) is 1. The fourth-order valence-corrected chi connectivity index (χ4v) is 6.69. The number of unbranched alkanes of at least 4 members (excludes halogenated alkanes) is 10. The third kappa shape index (κ3) is 27.1. The maximum atomic E-state index is 12.7. The van der Waals surface area contributed by atoms with Crippen molar-refractivity contribution < 1.29 is 52.7 Å². The van der Waals surface area contributed by atoms with Gasteiger partial charge in [-0.3, -0.25) is 19.2 Å². The highest BCUT2D eigenvalue weighted by Gasteiger charge is 2.43. The first-order valence-corrected chi connectivity index (χ1v) is 22.8. The van der Waals surface area contributed by atoms with Gasteiger partial charge in [-0.15, -0.1) is 0 Å². The van der Waals surface area contributed by atoms with E-state index in [0.717, 1.165) is 71.0 Å². The van der Waals surface area contributed by atoms with Gasteiger partial charge >= 0.3 is 23.9 Å². The molecule has 0 bridgehead atoms. The molecule has 0 aliphatic carbocycles. The van der Waals surface area contributed by atoms with E-state index >= 15 is 0 Å². The summed E-state index contributed by atoms with van der Waals surface area (Å²) in [5.74, 6) is -1.19. The zero-order valence-corrected chi connectivity index (χ0v) is 36.3. The molecule has 2 aliphatic rings. The quantitative estimate of drug-likeness (QED) is 0.0209. The van der Waals surface area contributed by atoms with E-state index in [1.807, 2.05) is 0 Å². The first-order chi connectivity index (χ1) is 28.3. The Labute approximate surface area is 350 Å². The van der Waals surface area contributed by atoms with E-state index in [9.17, 15) is 24.3 Å². The van der Waals surface area contributed by atoms with E-state index in [4.69, 9.17) is 28.4 Å². The second kappa shape index (κ2) is 34.0. The molecule has 3 atom stereocenters. The monoisotopic (exact) mass is 822 g/mol. The van der Waals surface area contributed by atoms with E-state index in [-0.39, 0.29) is 56.7 Å². The second-order valence-corrected chi connectivity index (χ2v) is 16.1. The van der Waals surface area contributed by atoms with Crippen LogP contribution in [0.4, 0.5) is 0 Å². The van der Waals surface area contributed by atoms with Crippen LogP contribution in [0, 0.1) is 5.41 Å². The molecule has 58 heavy (non-hydrogen) atoms.